The van der Waals surface area contributed by atoms with E-state index >= 15 is 0 Å². The predicted molar refractivity (Wildman–Crippen MR) is 90.9 cm³/mol. The molecule has 2 nitrogen and oxygen atoms in total. The van der Waals surface area contributed by atoms with Gasteiger partial charge >= 0.3 is 0 Å². The van der Waals surface area contributed by atoms with Gasteiger partial charge in [0.15, 0.2) is 5.78 Å². The summed E-state index contributed by atoms with van der Waals surface area (Å²) >= 11 is 0. The van der Waals surface area contributed by atoms with E-state index in [1.807, 2.05) is 6.08 Å². The number of rotatable bonds is 1. The van der Waals surface area contributed by atoms with Crippen LogP contribution in [-0.4, -0.2) is 11.6 Å². The summed E-state index contributed by atoms with van der Waals surface area (Å²) in [4.78, 5) is 24.0. The first-order chi connectivity index (χ1) is 10.9. The highest BCUT2D eigenvalue weighted by Crippen LogP contribution is 2.66. The Kier molecular flexibility index (Phi) is 3.42. The molecule has 126 valence electrons. The van der Waals surface area contributed by atoms with Crippen molar-refractivity contribution in [2.45, 2.75) is 72.1 Å². The van der Waals surface area contributed by atoms with Crippen molar-refractivity contribution in [2.24, 2.45) is 34.5 Å². The minimum Gasteiger partial charge on any atom is -0.300 e. The Morgan fingerprint density at radius 1 is 1.04 bits per heavy atom. The van der Waals surface area contributed by atoms with Crippen LogP contribution >= 0.6 is 0 Å². The highest BCUT2D eigenvalue weighted by Gasteiger charge is 2.59. The van der Waals surface area contributed by atoms with E-state index in [-0.39, 0.29) is 10.8 Å². The van der Waals surface area contributed by atoms with Gasteiger partial charge in [-0.05, 0) is 86.5 Å². The number of carbonyl (C=O) groups excluding carboxylic acids is 2. The van der Waals surface area contributed by atoms with Crippen LogP contribution in [-0.2, 0) is 9.59 Å². The molecule has 0 aromatic rings. The number of hydrogen-bond acceptors (Lipinski definition) is 2. The molecule has 4 aliphatic rings. The summed E-state index contributed by atoms with van der Waals surface area (Å²) in [6.07, 6.45) is 10.9. The lowest BCUT2D eigenvalue weighted by molar-refractivity contribution is -0.128. The highest BCUT2D eigenvalue weighted by atomic mass is 16.1. The third-order valence-corrected chi connectivity index (χ3v) is 8.45. The standard InChI is InChI=1S/C21H30O2/c1-13(22)17-6-7-18-16-5-4-14-12-15(23)8-10-20(14,2)19(16)9-11-21(17,18)3/h12,16-19H,4-11H2,1-3H3/t16-,17+,18-,19-,20-,21+/m0/s1/i12+2. The quantitative estimate of drug-likeness (QED) is 0.701. The minimum absolute atomic E-state index is 0.245. The number of Topliss-reactive ketones (excluding diaryl/α,β-unsaturated/α-hetero) is 1. The summed E-state index contributed by atoms with van der Waals surface area (Å²) in [6.45, 7) is 6.65. The normalized spacial score (nSPS) is 49.0. The van der Waals surface area contributed by atoms with E-state index < -0.39 is 0 Å². The molecule has 2 heteroatoms. The zero-order valence-electron chi connectivity index (χ0n) is 14.9. The average Bonchev–Trinajstić information content (AvgIpc) is 2.85. The molecular formula is C21H30O2. The fourth-order valence-electron chi connectivity index (χ4n) is 7.23. The van der Waals surface area contributed by atoms with Crippen molar-refractivity contribution in [2.75, 3.05) is 0 Å². The second-order valence-electron chi connectivity index (χ2n) is 9.25. The summed E-state index contributed by atoms with van der Waals surface area (Å²) in [5.74, 6) is 3.29. The Labute approximate surface area is 140 Å². The van der Waals surface area contributed by atoms with Crippen molar-refractivity contribution < 1.29 is 9.59 Å². The Bertz CT molecular complexity index is 589. The highest BCUT2D eigenvalue weighted by molar-refractivity contribution is 5.91. The SMILES string of the molecule is CC(=O)[C@H]1CC[C@H]2[C@@H]3CCC4=[14CH]C(=O)CC[C@]4(C)[C@H]3CC[C@]12C. The van der Waals surface area contributed by atoms with Gasteiger partial charge in [0.25, 0.3) is 0 Å². The zero-order valence-corrected chi connectivity index (χ0v) is 14.9. The fourth-order valence-corrected chi connectivity index (χ4v) is 7.23. The molecule has 3 saturated carbocycles. The molecule has 0 bridgehead atoms. The largest absolute Gasteiger partial charge is 0.300 e. The molecule has 3 fully saturated rings. The van der Waals surface area contributed by atoms with Gasteiger partial charge in [-0.1, -0.05) is 19.4 Å². The van der Waals surface area contributed by atoms with Crippen LogP contribution in [0.2, 0.25) is 0 Å². The van der Waals surface area contributed by atoms with E-state index in [1.165, 1.54) is 31.3 Å². The predicted octanol–water partition coefficient (Wildman–Crippen LogP) is 4.72. The van der Waals surface area contributed by atoms with E-state index in [9.17, 15) is 9.59 Å². The number of hydrogen-bond donors (Lipinski definition) is 0. The first-order valence-corrected chi connectivity index (χ1v) is 9.60. The Balaban J connectivity index is 1.67. The summed E-state index contributed by atoms with van der Waals surface area (Å²) in [6, 6.07) is 0. The summed E-state index contributed by atoms with van der Waals surface area (Å²) < 4.78 is 0. The van der Waals surface area contributed by atoms with Crippen LogP contribution in [0, 0.1) is 34.5 Å². The lowest BCUT2D eigenvalue weighted by atomic mass is 9.47. The molecule has 0 saturated heterocycles. The maximum Gasteiger partial charge on any atom is 0.155 e. The maximum absolute atomic E-state index is 12.1. The average molecular weight is 316 g/mol. The van der Waals surface area contributed by atoms with E-state index in [1.54, 1.807) is 6.92 Å². The Morgan fingerprint density at radius 3 is 2.57 bits per heavy atom. The molecule has 23 heavy (non-hydrogen) atoms. The van der Waals surface area contributed by atoms with Crippen molar-refractivity contribution in [3.63, 3.8) is 0 Å². The molecule has 0 spiro atoms. The van der Waals surface area contributed by atoms with Gasteiger partial charge in [0, 0.05) is 12.3 Å². The second-order valence-corrected chi connectivity index (χ2v) is 9.25. The number of ketones is 2. The van der Waals surface area contributed by atoms with E-state index in [4.69, 9.17) is 0 Å². The molecule has 6 atom stereocenters. The minimum atomic E-state index is 0.245. The van der Waals surface area contributed by atoms with Crippen molar-refractivity contribution in [1.82, 2.24) is 0 Å². The molecule has 0 heterocycles. The molecular weight excluding hydrogens is 286 g/mol. The van der Waals surface area contributed by atoms with Gasteiger partial charge in [0.1, 0.15) is 5.78 Å². The van der Waals surface area contributed by atoms with Crippen LogP contribution in [0.25, 0.3) is 0 Å². The Hall–Kier alpha value is -0.920. The first kappa shape index (κ1) is 15.6. The van der Waals surface area contributed by atoms with Crippen LogP contribution in [0.3, 0.4) is 0 Å². The van der Waals surface area contributed by atoms with Crippen LogP contribution in [0.15, 0.2) is 11.6 Å². The fraction of sp³-hybridized carbons (Fsp3) is 0.810. The lowest BCUT2D eigenvalue weighted by Crippen LogP contribution is -2.51. The Morgan fingerprint density at radius 2 is 1.83 bits per heavy atom. The van der Waals surface area contributed by atoms with Crippen LogP contribution < -0.4 is 0 Å². The lowest BCUT2D eigenvalue weighted by Gasteiger charge is -2.58. The summed E-state index contributed by atoms with van der Waals surface area (Å²) in [5, 5.41) is 0. The maximum atomic E-state index is 12.1. The first-order valence-electron chi connectivity index (χ1n) is 9.60. The topological polar surface area (TPSA) is 34.1 Å². The van der Waals surface area contributed by atoms with Gasteiger partial charge in [-0.3, -0.25) is 9.59 Å². The summed E-state index contributed by atoms with van der Waals surface area (Å²) in [7, 11) is 0. The molecule has 0 aromatic heterocycles. The van der Waals surface area contributed by atoms with Gasteiger partial charge in [-0.25, -0.2) is 0 Å². The molecule has 4 aliphatic carbocycles. The molecule has 0 amide bonds. The van der Waals surface area contributed by atoms with Crippen molar-refractivity contribution in [3.05, 3.63) is 11.6 Å². The molecule has 0 N–H and O–H groups in total. The number of carbonyl (C=O) groups is 2. The molecule has 0 unspecified atom stereocenters. The number of fused-ring (bicyclic) bond motifs is 5. The van der Waals surface area contributed by atoms with Gasteiger partial charge < -0.3 is 0 Å². The van der Waals surface area contributed by atoms with Crippen LogP contribution in [0.1, 0.15) is 72.1 Å². The number of allylic oxidation sites excluding steroid dienone is 1. The van der Waals surface area contributed by atoms with Crippen molar-refractivity contribution in [1.29, 1.82) is 0 Å². The van der Waals surface area contributed by atoms with Crippen LogP contribution in [0.5, 0.6) is 0 Å². The van der Waals surface area contributed by atoms with Gasteiger partial charge in [0.05, 0.1) is 0 Å². The van der Waals surface area contributed by atoms with Crippen molar-refractivity contribution >= 4 is 11.6 Å². The van der Waals surface area contributed by atoms with Gasteiger partial charge in [-0.2, -0.15) is 0 Å². The van der Waals surface area contributed by atoms with Crippen LogP contribution in [0.4, 0.5) is 0 Å². The molecule has 0 aliphatic heterocycles. The monoisotopic (exact) mass is 316 g/mol. The summed E-state index contributed by atoms with van der Waals surface area (Å²) in [5.41, 5.74) is 1.95. The van der Waals surface area contributed by atoms with E-state index in [0.717, 1.165) is 43.4 Å². The molecule has 0 radical (unpaired) electrons. The van der Waals surface area contributed by atoms with Gasteiger partial charge in [-0.15, -0.1) is 0 Å². The molecule has 0 aromatic carbocycles. The third-order valence-electron chi connectivity index (χ3n) is 8.45. The second kappa shape index (κ2) is 5.04. The van der Waals surface area contributed by atoms with E-state index in [0.29, 0.717) is 17.5 Å². The van der Waals surface area contributed by atoms with E-state index in [2.05, 4.69) is 13.8 Å². The van der Waals surface area contributed by atoms with Crippen molar-refractivity contribution in [3.8, 4) is 0 Å². The van der Waals surface area contributed by atoms with Gasteiger partial charge in [0.2, 0.25) is 0 Å². The molecule has 4 rings (SSSR count). The zero-order chi connectivity index (χ0) is 16.4. The smallest absolute Gasteiger partial charge is 0.155 e. The third kappa shape index (κ3) is 2.06.